The van der Waals surface area contributed by atoms with Gasteiger partial charge in [-0.05, 0) is 32.1 Å². The van der Waals surface area contributed by atoms with Gasteiger partial charge in [0.05, 0.1) is 5.92 Å². The lowest BCUT2D eigenvalue weighted by atomic mass is 10.1. The minimum absolute atomic E-state index is 0.0225. The number of urea groups is 1. The highest BCUT2D eigenvalue weighted by molar-refractivity contribution is 5.75. The van der Waals surface area contributed by atoms with Crippen LogP contribution >= 0.6 is 0 Å². The molecule has 1 aliphatic carbocycles. The van der Waals surface area contributed by atoms with E-state index in [1.165, 1.54) is 0 Å². The number of aliphatic carboxylic acids is 1. The van der Waals surface area contributed by atoms with Crippen LogP contribution in [0, 0.1) is 5.92 Å². The number of carboxylic acid groups (broad SMARTS) is 1. The van der Waals surface area contributed by atoms with E-state index in [0.29, 0.717) is 12.8 Å². The Kier molecular flexibility index (Phi) is 7.41. The van der Waals surface area contributed by atoms with Gasteiger partial charge in [-0.1, -0.05) is 26.7 Å². The summed E-state index contributed by atoms with van der Waals surface area (Å²) in [5, 5.41) is 12.0. The molecule has 20 heavy (non-hydrogen) atoms. The van der Waals surface area contributed by atoms with Crippen LogP contribution in [0.25, 0.3) is 0 Å². The SMILES string of the molecule is CCCCN(CCCC)C(=O)N[C@H]1CC[C@@H](C(=O)O)C1. The van der Waals surface area contributed by atoms with Gasteiger partial charge in [0.15, 0.2) is 0 Å². The van der Waals surface area contributed by atoms with E-state index in [4.69, 9.17) is 5.11 Å². The largest absolute Gasteiger partial charge is 0.481 e. The molecule has 116 valence electrons. The number of hydrogen-bond acceptors (Lipinski definition) is 2. The van der Waals surface area contributed by atoms with Crippen LogP contribution in [0.5, 0.6) is 0 Å². The van der Waals surface area contributed by atoms with Crippen molar-refractivity contribution in [1.82, 2.24) is 10.2 Å². The number of amides is 2. The molecule has 0 aromatic heterocycles. The molecule has 0 unspecified atom stereocenters. The third-order valence-corrected chi connectivity index (χ3v) is 3.96. The van der Waals surface area contributed by atoms with Crippen molar-refractivity contribution in [3.63, 3.8) is 0 Å². The summed E-state index contributed by atoms with van der Waals surface area (Å²) in [7, 11) is 0. The lowest BCUT2D eigenvalue weighted by Gasteiger charge is -2.25. The van der Waals surface area contributed by atoms with E-state index < -0.39 is 5.97 Å². The highest BCUT2D eigenvalue weighted by Crippen LogP contribution is 2.25. The average molecular weight is 284 g/mol. The van der Waals surface area contributed by atoms with E-state index in [9.17, 15) is 9.59 Å². The van der Waals surface area contributed by atoms with Gasteiger partial charge in [-0.3, -0.25) is 4.79 Å². The first kappa shape index (κ1) is 16.8. The van der Waals surface area contributed by atoms with Crippen molar-refractivity contribution in [2.24, 2.45) is 5.92 Å². The molecule has 0 spiro atoms. The van der Waals surface area contributed by atoms with E-state index >= 15 is 0 Å². The van der Waals surface area contributed by atoms with Crippen LogP contribution in [0.1, 0.15) is 58.8 Å². The molecule has 0 bridgehead atoms. The minimum atomic E-state index is -0.740. The Morgan fingerprint density at radius 3 is 2.20 bits per heavy atom. The van der Waals surface area contributed by atoms with Crippen LogP contribution < -0.4 is 5.32 Å². The molecule has 1 fully saturated rings. The molecule has 5 heteroatoms. The number of carbonyl (C=O) groups is 2. The minimum Gasteiger partial charge on any atom is -0.481 e. The zero-order valence-corrected chi connectivity index (χ0v) is 12.7. The van der Waals surface area contributed by atoms with Gasteiger partial charge in [-0.2, -0.15) is 0 Å². The zero-order valence-electron chi connectivity index (χ0n) is 12.7. The third kappa shape index (κ3) is 5.39. The predicted molar refractivity (Wildman–Crippen MR) is 78.7 cm³/mol. The third-order valence-electron chi connectivity index (χ3n) is 3.96. The summed E-state index contributed by atoms with van der Waals surface area (Å²) in [6.45, 7) is 5.81. The molecule has 2 atom stereocenters. The summed E-state index contributed by atoms with van der Waals surface area (Å²) >= 11 is 0. The summed E-state index contributed by atoms with van der Waals surface area (Å²) in [5.74, 6) is -1.03. The Balaban J connectivity index is 2.42. The van der Waals surface area contributed by atoms with Crippen LogP contribution in [0.3, 0.4) is 0 Å². The fourth-order valence-corrected chi connectivity index (χ4v) is 2.62. The second kappa shape index (κ2) is 8.82. The number of nitrogens with zero attached hydrogens (tertiary/aromatic N) is 1. The first-order chi connectivity index (χ1) is 9.58. The second-order valence-corrected chi connectivity index (χ2v) is 5.69. The lowest BCUT2D eigenvalue weighted by Crippen LogP contribution is -2.45. The van der Waals surface area contributed by atoms with Gasteiger partial charge in [0.2, 0.25) is 0 Å². The maximum atomic E-state index is 12.3. The number of rotatable bonds is 8. The van der Waals surface area contributed by atoms with Gasteiger partial charge < -0.3 is 15.3 Å². The molecule has 0 radical (unpaired) electrons. The topological polar surface area (TPSA) is 69.6 Å². The smallest absolute Gasteiger partial charge is 0.317 e. The first-order valence-corrected chi connectivity index (χ1v) is 7.86. The molecule has 0 aromatic rings. The molecule has 0 saturated heterocycles. The van der Waals surface area contributed by atoms with Crippen LogP contribution in [-0.2, 0) is 4.79 Å². The summed E-state index contributed by atoms with van der Waals surface area (Å²) in [4.78, 5) is 25.1. The van der Waals surface area contributed by atoms with Gasteiger partial charge in [0, 0.05) is 19.1 Å². The molecule has 1 rings (SSSR count). The molecule has 2 amide bonds. The maximum Gasteiger partial charge on any atom is 0.317 e. The van der Waals surface area contributed by atoms with E-state index in [-0.39, 0.29) is 18.0 Å². The fourth-order valence-electron chi connectivity index (χ4n) is 2.62. The molecular formula is C15H28N2O3. The summed E-state index contributed by atoms with van der Waals surface area (Å²) in [6.07, 6.45) is 6.18. The Labute approximate surface area is 121 Å². The zero-order chi connectivity index (χ0) is 15.0. The normalized spacial score (nSPS) is 21.7. The second-order valence-electron chi connectivity index (χ2n) is 5.69. The highest BCUT2D eigenvalue weighted by Gasteiger charge is 2.31. The maximum absolute atomic E-state index is 12.3. The average Bonchev–Trinajstić information content (AvgIpc) is 2.87. The molecule has 1 aliphatic rings. The van der Waals surface area contributed by atoms with Gasteiger partial charge in [-0.15, -0.1) is 0 Å². The van der Waals surface area contributed by atoms with E-state index in [1.54, 1.807) is 0 Å². The number of carboxylic acids is 1. The highest BCUT2D eigenvalue weighted by atomic mass is 16.4. The number of nitrogens with one attached hydrogen (secondary N) is 1. The van der Waals surface area contributed by atoms with E-state index in [0.717, 1.165) is 45.2 Å². The number of carbonyl (C=O) groups excluding carboxylic acids is 1. The molecule has 2 N–H and O–H groups in total. The summed E-state index contributed by atoms with van der Waals surface area (Å²) in [6, 6.07) is -0.00251. The Hall–Kier alpha value is -1.26. The number of unbranched alkanes of at least 4 members (excludes halogenated alkanes) is 2. The quantitative estimate of drug-likeness (QED) is 0.720. The van der Waals surface area contributed by atoms with Gasteiger partial charge >= 0.3 is 12.0 Å². The molecule has 0 aliphatic heterocycles. The Morgan fingerprint density at radius 1 is 1.15 bits per heavy atom. The molecule has 1 saturated carbocycles. The van der Waals surface area contributed by atoms with Gasteiger partial charge in [0.1, 0.15) is 0 Å². The van der Waals surface area contributed by atoms with Crippen LogP contribution in [0.2, 0.25) is 0 Å². The van der Waals surface area contributed by atoms with Crippen molar-refractivity contribution >= 4 is 12.0 Å². The van der Waals surface area contributed by atoms with Crippen molar-refractivity contribution in [1.29, 1.82) is 0 Å². The standard InChI is InChI=1S/C15H28N2O3/c1-3-5-9-17(10-6-4-2)15(20)16-13-8-7-12(11-13)14(18)19/h12-13H,3-11H2,1-2H3,(H,16,20)(H,18,19)/t12-,13+/m1/s1. The monoisotopic (exact) mass is 284 g/mol. The molecule has 0 heterocycles. The van der Waals surface area contributed by atoms with Crippen molar-refractivity contribution < 1.29 is 14.7 Å². The van der Waals surface area contributed by atoms with Crippen molar-refractivity contribution in [2.75, 3.05) is 13.1 Å². The van der Waals surface area contributed by atoms with Gasteiger partial charge in [-0.25, -0.2) is 4.79 Å². The fraction of sp³-hybridized carbons (Fsp3) is 0.867. The first-order valence-electron chi connectivity index (χ1n) is 7.86. The predicted octanol–water partition coefficient (Wildman–Crippen LogP) is 2.85. The molecule has 0 aromatic carbocycles. The van der Waals surface area contributed by atoms with Gasteiger partial charge in [0.25, 0.3) is 0 Å². The van der Waals surface area contributed by atoms with Crippen molar-refractivity contribution in [3.8, 4) is 0 Å². The van der Waals surface area contributed by atoms with E-state index in [2.05, 4.69) is 19.2 Å². The summed E-state index contributed by atoms with van der Waals surface area (Å²) < 4.78 is 0. The molecule has 5 nitrogen and oxygen atoms in total. The number of hydrogen-bond donors (Lipinski definition) is 2. The van der Waals surface area contributed by atoms with Crippen LogP contribution in [-0.4, -0.2) is 41.1 Å². The van der Waals surface area contributed by atoms with Crippen LogP contribution in [0.15, 0.2) is 0 Å². The van der Waals surface area contributed by atoms with E-state index in [1.807, 2.05) is 4.90 Å². The molecular weight excluding hydrogens is 256 g/mol. The lowest BCUT2D eigenvalue weighted by molar-refractivity contribution is -0.141. The van der Waals surface area contributed by atoms with Crippen molar-refractivity contribution in [3.05, 3.63) is 0 Å². The van der Waals surface area contributed by atoms with Crippen LogP contribution in [0.4, 0.5) is 4.79 Å². The van der Waals surface area contributed by atoms with Crippen molar-refractivity contribution in [2.45, 2.75) is 64.8 Å². The Bertz CT molecular complexity index is 312. The Morgan fingerprint density at radius 2 is 1.75 bits per heavy atom. The summed E-state index contributed by atoms with van der Waals surface area (Å²) in [5.41, 5.74) is 0.